The summed E-state index contributed by atoms with van der Waals surface area (Å²) in [6, 6.07) is 1.06. The Kier molecular flexibility index (Phi) is 4.60. The average Bonchev–Trinajstić information content (AvgIpc) is 2.31. The number of hydrogen-bond donors (Lipinski definition) is 3. The van der Waals surface area contributed by atoms with Crippen LogP contribution in [-0.2, 0) is 0 Å². The van der Waals surface area contributed by atoms with E-state index in [1.54, 1.807) is 0 Å². The van der Waals surface area contributed by atoms with E-state index in [2.05, 4.69) is 22.9 Å². The standard InChI is InChI=1S/C12H24N4/c1-10(15-11-4-2-6-13-8-11)16-12-5-3-7-14-9-12/h11-14H,2-9H2,1H3,(H,15,16). The van der Waals surface area contributed by atoms with Gasteiger partial charge in [-0.05, 0) is 45.7 Å². The molecule has 0 aromatic heterocycles. The zero-order valence-corrected chi connectivity index (χ0v) is 10.3. The van der Waals surface area contributed by atoms with Gasteiger partial charge in [0, 0.05) is 19.1 Å². The molecule has 2 aliphatic rings. The highest BCUT2D eigenvalue weighted by atomic mass is 15.1. The Bertz CT molecular complexity index is 227. The molecule has 92 valence electrons. The molecule has 0 radical (unpaired) electrons. The fourth-order valence-electron chi connectivity index (χ4n) is 2.53. The van der Waals surface area contributed by atoms with Gasteiger partial charge in [-0.1, -0.05) is 0 Å². The summed E-state index contributed by atoms with van der Waals surface area (Å²) in [6.45, 7) is 6.55. The topological polar surface area (TPSA) is 48.5 Å². The number of rotatable bonds is 2. The van der Waals surface area contributed by atoms with Crippen LogP contribution in [0.5, 0.6) is 0 Å². The number of nitrogens with one attached hydrogen (secondary N) is 3. The lowest BCUT2D eigenvalue weighted by atomic mass is 10.1. The van der Waals surface area contributed by atoms with Crippen LogP contribution in [0.4, 0.5) is 0 Å². The van der Waals surface area contributed by atoms with Gasteiger partial charge in [0.25, 0.3) is 0 Å². The van der Waals surface area contributed by atoms with Gasteiger partial charge in [0.05, 0.1) is 11.9 Å². The molecular formula is C12H24N4. The third kappa shape index (κ3) is 3.76. The molecule has 0 spiro atoms. The van der Waals surface area contributed by atoms with Gasteiger partial charge in [0.1, 0.15) is 0 Å². The van der Waals surface area contributed by atoms with Crippen molar-refractivity contribution in [3.8, 4) is 0 Å². The summed E-state index contributed by atoms with van der Waals surface area (Å²) in [5, 5.41) is 10.3. The number of aliphatic imine (C=N–C) groups is 1. The van der Waals surface area contributed by atoms with E-state index in [0.29, 0.717) is 12.1 Å². The van der Waals surface area contributed by atoms with E-state index in [0.717, 1.165) is 25.5 Å². The second kappa shape index (κ2) is 6.21. The summed E-state index contributed by atoms with van der Waals surface area (Å²) < 4.78 is 0. The molecule has 2 heterocycles. The zero-order chi connectivity index (χ0) is 11.2. The first kappa shape index (κ1) is 11.9. The van der Waals surface area contributed by atoms with E-state index in [1.807, 2.05) is 0 Å². The molecule has 0 aromatic rings. The van der Waals surface area contributed by atoms with Crippen LogP contribution in [0.15, 0.2) is 4.99 Å². The van der Waals surface area contributed by atoms with Gasteiger partial charge in [-0.3, -0.25) is 4.99 Å². The van der Waals surface area contributed by atoms with E-state index in [1.165, 1.54) is 32.2 Å². The molecule has 2 atom stereocenters. The number of nitrogens with zero attached hydrogens (tertiary/aromatic N) is 1. The molecule has 0 aromatic carbocycles. The van der Waals surface area contributed by atoms with E-state index in [4.69, 9.17) is 4.99 Å². The molecule has 2 rings (SSSR count). The third-order valence-electron chi connectivity index (χ3n) is 3.36. The average molecular weight is 224 g/mol. The van der Waals surface area contributed by atoms with E-state index < -0.39 is 0 Å². The maximum atomic E-state index is 4.75. The molecule has 2 saturated heterocycles. The lowest BCUT2D eigenvalue weighted by Crippen LogP contribution is -2.45. The summed E-state index contributed by atoms with van der Waals surface area (Å²) >= 11 is 0. The molecule has 3 N–H and O–H groups in total. The van der Waals surface area contributed by atoms with Gasteiger partial charge in [-0.25, -0.2) is 0 Å². The first-order valence-corrected chi connectivity index (χ1v) is 6.57. The fraction of sp³-hybridized carbons (Fsp3) is 0.917. The highest BCUT2D eigenvalue weighted by Gasteiger charge is 2.14. The highest BCUT2D eigenvalue weighted by molar-refractivity contribution is 5.80. The second-order valence-corrected chi connectivity index (χ2v) is 4.90. The monoisotopic (exact) mass is 224 g/mol. The smallest absolute Gasteiger partial charge is 0.0938 e. The zero-order valence-electron chi connectivity index (χ0n) is 10.3. The summed E-state index contributed by atoms with van der Waals surface area (Å²) in [5.74, 6) is 1.11. The predicted octanol–water partition coefficient (Wildman–Crippen LogP) is 0.498. The van der Waals surface area contributed by atoms with Crippen LogP contribution in [0.1, 0.15) is 32.6 Å². The van der Waals surface area contributed by atoms with Crippen molar-refractivity contribution in [3.63, 3.8) is 0 Å². The summed E-state index contributed by atoms with van der Waals surface area (Å²) in [7, 11) is 0. The molecule has 0 amide bonds. The minimum atomic E-state index is 0.484. The fourth-order valence-corrected chi connectivity index (χ4v) is 2.53. The van der Waals surface area contributed by atoms with Gasteiger partial charge in [-0.15, -0.1) is 0 Å². The minimum Gasteiger partial charge on any atom is -0.370 e. The van der Waals surface area contributed by atoms with Gasteiger partial charge < -0.3 is 16.0 Å². The molecule has 2 aliphatic heterocycles. The number of piperidine rings is 2. The normalized spacial score (nSPS) is 32.4. The van der Waals surface area contributed by atoms with Crippen molar-refractivity contribution in [1.29, 1.82) is 0 Å². The van der Waals surface area contributed by atoms with E-state index in [-0.39, 0.29) is 0 Å². The summed E-state index contributed by atoms with van der Waals surface area (Å²) in [4.78, 5) is 4.75. The highest BCUT2D eigenvalue weighted by Crippen LogP contribution is 2.06. The van der Waals surface area contributed by atoms with Gasteiger partial charge >= 0.3 is 0 Å². The summed E-state index contributed by atoms with van der Waals surface area (Å²) in [5.41, 5.74) is 0. The Labute approximate surface area is 98.3 Å². The molecule has 4 nitrogen and oxygen atoms in total. The number of amidine groups is 1. The van der Waals surface area contributed by atoms with Crippen molar-refractivity contribution < 1.29 is 0 Å². The van der Waals surface area contributed by atoms with Crippen LogP contribution >= 0.6 is 0 Å². The lowest BCUT2D eigenvalue weighted by Gasteiger charge is -2.26. The number of hydrogen-bond acceptors (Lipinski definition) is 3. The minimum absolute atomic E-state index is 0.484. The van der Waals surface area contributed by atoms with E-state index in [9.17, 15) is 0 Å². The van der Waals surface area contributed by atoms with Crippen molar-refractivity contribution in [3.05, 3.63) is 0 Å². The predicted molar refractivity (Wildman–Crippen MR) is 68.0 cm³/mol. The van der Waals surface area contributed by atoms with Crippen molar-refractivity contribution in [2.24, 2.45) is 4.99 Å². The van der Waals surface area contributed by atoms with Crippen molar-refractivity contribution in [2.75, 3.05) is 26.2 Å². The largest absolute Gasteiger partial charge is 0.370 e. The molecule has 2 unspecified atom stereocenters. The SMILES string of the molecule is C/C(=N\C1CCCNC1)NC1CCCNC1. The molecular weight excluding hydrogens is 200 g/mol. The van der Waals surface area contributed by atoms with Gasteiger partial charge in [-0.2, -0.15) is 0 Å². The Morgan fingerprint density at radius 2 is 1.88 bits per heavy atom. The van der Waals surface area contributed by atoms with Crippen LogP contribution in [0.3, 0.4) is 0 Å². The van der Waals surface area contributed by atoms with Gasteiger partial charge in [0.15, 0.2) is 0 Å². The van der Waals surface area contributed by atoms with Crippen LogP contribution < -0.4 is 16.0 Å². The van der Waals surface area contributed by atoms with Gasteiger partial charge in [0.2, 0.25) is 0 Å². The lowest BCUT2D eigenvalue weighted by molar-refractivity contribution is 0.426. The first-order chi connectivity index (χ1) is 7.84. The van der Waals surface area contributed by atoms with Crippen LogP contribution in [0.2, 0.25) is 0 Å². The molecule has 2 fully saturated rings. The first-order valence-electron chi connectivity index (χ1n) is 6.57. The Hall–Kier alpha value is -0.610. The van der Waals surface area contributed by atoms with Crippen LogP contribution in [0.25, 0.3) is 0 Å². The van der Waals surface area contributed by atoms with E-state index >= 15 is 0 Å². The molecule has 0 aliphatic carbocycles. The molecule has 4 heteroatoms. The Morgan fingerprint density at radius 1 is 1.12 bits per heavy atom. The maximum Gasteiger partial charge on any atom is 0.0938 e. The Morgan fingerprint density at radius 3 is 2.50 bits per heavy atom. The third-order valence-corrected chi connectivity index (χ3v) is 3.36. The van der Waals surface area contributed by atoms with Crippen LogP contribution in [0, 0.1) is 0 Å². The maximum absolute atomic E-state index is 4.75. The molecule has 16 heavy (non-hydrogen) atoms. The Balaban J connectivity index is 1.76. The van der Waals surface area contributed by atoms with Crippen molar-refractivity contribution in [1.82, 2.24) is 16.0 Å². The summed E-state index contributed by atoms with van der Waals surface area (Å²) in [6.07, 6.45) is 5.03. The van der Waals surface area contributed by atoms with Crippen molar-refractivity contribution >= 4 is 5.84 Å². The van der Waals surface area contributed by atoms with Crippen LogP contribution in [-0.4, -0.2) is 44.1 Å². The van der Waals surface area contributed by atoms with Crippen molar-refractivity contribution in [2.45, 2.75) is 44.7 Å². The molecule has 0 bridgehead atoms. The second-order valence-electron chi connectivity index (χ2n) is 4.90. The quantitative estimate of drug-likeness (QED) is 0.473. The molecule has 0 saturated carbocycles.